The van der Waals surface area contributed by atoms with Crippen molar-refractivity contribution in [2.75, 3.05) is 20.2 Å². The summed E-state index contributed by atoms with van der Waals surface area (Å²) in [6.07, 6.45) is 1.87. The molecule has 1 aromatic carbocycles. The van der Waals surface area contributed by atoms with E-state index in [4.69, 9.17) is 4.74 Å². The van der Waals surface area contributed by atoms with Crippen LogP contribution in [0.2, 0.25) is 0 Å². The molecule has 1 atom stereocenters. The molecule has 0 radical (unpaired) electrons. The SMILES string of the molecule is COc1ccccc1CC(=O)N1CCC(C(C)O)CC1. The minimum atomic E-state index is -0.276. The molecular formula is C16H23NO3. The Morgan fingerprint density at radius 1 is 1.40 bits per heavy atom. The van der Waals surface area contributed by atoms with Crippen molar-refractivity contribution in [3.8, 4) is 5.75 Å². The van der Waals surface area contributed by atoms with Gasteiger partial charge in [0.05, 0.1) is 19.6 Å². The molecule has 1 aliphatic heterocycles. The lowest BCUT2D eigenvalue weighted by Gasteiger charge is -2.33. The van der Waals surface area contributed by atoms with Gasteiger partial charge >= 0.3 is 0 Å². The van der Waals surface area contributed by atoms with Gasteiger partial charge < -0.3 is 14.7 Å². The smallest absolute Gasteiger partial charge is 0.227 e. The Morgan fingerprint density at radius 3 is 2.65 bits per heavy atom. The lowest BCUT2D eigenvalue weighted by Crippen LogP contribution is -2.41. The molecular weight excluding hydrogens is 254 g/mol. The van der Waals surface area contributed by atoms with Crippen LogP contribution in [-0.2, 0) is 11.2 Å². The second-order valence-corrected chi connectivity index (χ2v) is 5.45. The number of likely N-dealkylation sites (tertiary alicyclic amines) is 1. The fraction of sp³-hybridized carbons (Fsp3) is 0.562. The molecule has 1 aromatic rings. The summed E-state index contributed by atoms with van der Waals surface area (Å²) in [5.74, 6) is 1.23. The van der Waals surface area contributed by atoms with Crippen molar-refractivity contribution in [1.29, 1.82) is 0 Å². The predicted molar refractivity (Wildman–Crippen MR) is 77.7 cm³/mol. The molecule has 1 N–H and O–H groups in total. The normalized spacial score (nSPS) is 17.9. The molecule has 20 heavy (non-hydrogen) atoms. The minimum Gasteiger partial charge on any atom is -0.496 e. The predicted octanol–water partition coefficient (Wildman–Crippen LogP) is 1.86. The summed E-state index contributed by atoms with van der Waals surface area (Å²) in [5, 5.41) is 9.59. The summed E-state index contributed by atoms with van der Waals surface area (Å²) in [4.78, 5) is 14.2. The fourth-order valence-corrected chi connectivity index (χ4v) is 2.76. The third-order valence-electron chi connectivity index (χ3n) is 4.11. The number of aliphatic hydroxyl groups is 1. The van der Waals surface area contributed by atoms with E-state index in [-0.39, 0.29) is 12.0 Å². The molecule has 2 rings (SSSR count). The summed E-state index contributed by atoms with van der Waals surface area (Å²) in [6, 6.07) is 7.63. The molecule has 1 unspecified atom stereocenters. The standard InChI is InChI=1S/C16H23NO3/c1-12(18)13-7-9-17(10-8-13)16(19)11-14-5-3-4-6-15(14)20-2/h3-6,12-13,18H,7-11H2,1-2H3. The van der Waals surface area contributed by atoms with Gasteiger partial charge in [-0.1, -0.05) is 18.2 Å². The van der Waals surface area contributed by atoms with Crippen molar-refractivity contribution < 1.29 is 14.6 Å². The van der Waals surface area contributed by atoms with E-state index in [1.165, 1.54) is 0 Å². The van der Waals surface area contributed by atoms with Crippen LogP contribution < -0.4 is 4.74 Å². The number of para-hydroxylation sites is 1. The van der Waals surface area contributed by atoms with E-state index in [9.17, 15) is 9.90 Å². The number of rotatable bonds is 4. The average Bonchev–Trinajstić information content (AvgIpc) is 2.48. The fourth-order valence-electron chi connectivity index (χ4n) is 2.76. The molecule has 0 aromatic heterocycles. The number of aliphatic hydroxyl groups excluding tert-OH is 1. The molecule has 4 nitrogen and oxygen atoms in total. The zero-order valence-corrected chi connectivity index (χ0v) is 12.2. The van der Waals surface area contributed by atoms with Crippen molar-refractivity contribution in [2.24, 2.45) is 5.92 Å². The number of methoxy groups -OCH3 is 1. The molecule has 0 saturated carbocycles. The zero-order chi connectivity index (χ0) is 14.5. The Kier molecular flexibility index (Phi) is 5.01. The van der Waals surface area contributed by atoms with E-state index in [1.807, 2.05) is 36.1 Å². The van der Waals surface area contributed by atoms with Crippen LogP contribution in [0, 0.1) is 5.92 Å². The van der Waals surface area contributed by atoms with Gasteiger partial charge in [0, 0.05) is 18.7 Å². The summed E-state index contributed by atoms with van der Waals surface area (Å²) in [5.41, 5.74) is 0.928. The summed E-state index contributed by atoms with van der Waals surface area (Å²) < 4.78 is 5.28. The Hall–Kier alpha value is -1.55. The molecule has 0 bridgehead atoms. The topological polar surface area (TPSA) is 49.8 Å². The monoisotopic (exact) mass is 277 g/mol. The first-order chi connectivity index (χ1) is 9.61. The maximum Gasteiger partial charge on any atom is 0.227 e. The van der Waals surface area contributed by atoms with Gasteiger partial charge in [-0.3, -0.25) is 4.79 Å². The average molecular weight is 277 g/mol. The van der Waals surface area contributed by atoms with Crippen LogP contribution >= 0.6 is 0 Å². The Balaban J connectivity index is 1.93. The van der Waals surface area contributed by atoms with Crippen molar-refractivity contribution in [2.45, 2.75) is 32.3 Å². The van der Waals surface area contributed by atoms with Crippen LogP contribution in [0.5, 0.6) is 5.75 Å². The third kappa shape index (κ3) is 3.51. The van der Waals surface area contributed by atoms with Gasteiger partial charge in [-0.15, -0.1) is 0 Å². The first kappa shape index (κ1) is 14.9. The van der Waals surface area contributed by atoms with E-state index >= 15 is 0 Å². The second-order valence-electron chi connectivity index (χ2n) is 5.45. The van der Waals surface area contributed by atoms with E-state index < -0.39 is 0 Å². The highest BCUT2D eigenvalue weighted by Gasteiger charge is 2.25. The summed E-state index contributed by atoms with van der Waals surface area (Å²) >= 11 is 0. The quantitative estimate of drug-likeness (QED) is 0.914. The Morgan fingerprint density at radius 2 is 2.05 bits per heavy atom. The van der Waals surface area contributed by atoms with Gasteiger partial charge in [-0.2, -0.15) is 0 Å². The zero-order valence-electron chi connectivity index (χ0n) is 12.2. The van der Waals surface area contributed by atoms with Crippen LogP contribution in [0.3, 0.4) is 0 Å². The van der Waals surface area contributed by atoms with Gasteiger partial charge in [0.25, 0.3) is 0 Å². The molecule has 4 heteroatoms. The molecule has 1 fully saturated rings. The molecule has 0 aliphatic carbocycles. The molecule has 110 valence electrons. The van der Waals surface area contributed by atoms with Crippen LogP contribution in [0.4, 0.5) is 0 Å². The molecule has 1 aliphatic rings. The third-order valence-corrected chi connectivity index (χ3v) is 4.11. The van der Waals surface area contributed by atoms with E-state index in [1.54, 1.807) is 7.11 Å². The van der Waals surface area contributed by atoms with Crippen LogP contribution in [0.25, 0.3) is 0 Å². The number of amides is 1. The highest BCUT2D eigenvalue weighted by Crippen LogP contribution is 2.23. The van der Waals surface area contributed by atoms with Crippen LogP contribution in [-0.4, -0.2) is 42.2 Å². The first-order valence-corrected chi connectivity index (χ1v) is 7.19. The molecule has 1 amide bonds. The Labute approximate surface area is 120 Å². The number of benzene rings is 1. The maximum absolute atomic E-state index is 12.3. The molecule has 1 saturated heterocycles. The molecule has 1 heterocycles. The number of piperidine rings is 1. The van der Waals surface area contributed by atoms with Crippen molar-refractivity contribution >= 4 is 5.91 Å². The highest BCUT2D eigenvalue weighted by atomic mass is 16.5. The number of hydrogen-bond acceptors (Lipinski definition) is 3. The first-order valence-electron chi connectivity index (χ1n) is 7.19. The number of hydrogen-bond donors (Lipinski definition) is 1. The van der Waals surface area contributed by atoms with Gasteiger partial charge in [-0.05, 0) is 31.7 Å². The number of ether oxygens (including phenoxy) is 1. The van der Waals surface area contributed by atoms with E-state index in [0.717, 1.165) is 37.2 Å². The maximum atomic E-state index is 12.3. The number of nitrogens with zero attached hydrogens (tertiary/aromatic N) is 1. The second kappa shape index (κ2) is 6.75. The van der Waals surface area contributed by atoms with Crippen molar-refractivity contribution in [3.05, 3.63) is 29.8 Å². The summed E-state index contributed by atoms with van der Waals surface area (Å²) in [6.45, 7) is 3.31. The minimum absolute atomic E-state index is 0.138. The van der Waals surface area contributed by atoms with Gasteiger partial charge in [0.2, 0.25) is 5.91 Å². The van der Waals surface area contributed by atoms with Crippen LogP contribution in [0.1, 0.15) is 25.3 Å². The lowest BCUT2D eigenvalue weighted by atomic mass is 9.92. The lowest BCUT2D eigenvalue weighted by molar-refractivity contribution is -0.132. The molecule has 0 spiro atoms. The van der Waals surface area contributed by atoms with E-state index in [0.29, 0.717) is 12.3 Å². The summed E-state index contributed by atoms with van der Waals surface area (Å²) in [7, 11) is 1.62. The van der Waals surface area contributed by atoms with Crippen LogP contribution in [0.15, 0.2) is 24.3 Å². The van der Waals surface area contributed by atoms with Crippen molar-refractivity contribution in [3.63, 3.8) is 0 Å². The highest BCUT2D eigenvalue weighted by molar-refractivity contribution is 5.79. The largest absolute Gasteiger partial charge is 0.496 e. The van der Waals surface area contributed by atoms with Gasteiger partial charge in [-0.25, -0.2) is 0 Å². The number of carbonyl (C=O) groups is 1. The van der Waals surface area contributed by atoms with E-state index in [2.05, 4.69) is 0 Å². The van der Waals surface area contributed by atoms with Crippen molar-refractivity contribution in [1.82, 2.24) is 4.90 Å². The number of carbonyl (C=O) groups excluding carboxylic acids is 1. The van der Waals surface area contributed by atoms with Gasteiger partial charge in [0.15, 0.2) is 0 Å². The Bertz CT molecular complexity index is 451. The van der Waals surface area contributed by atoms with Gasteiger partial charge in [0.1, 0.15) is 5.75 Å².